The van der Waals surface area contributed by atoms with E-state index in [4.69, 9.17) is 5.11 Å². The van der Waals surface area contributed by atoms with Gasteiger partial charge in [0, 0.05) is 0 Å². The highest BCUT2D eigenvalue weighted by atomic mass is 19.1. The predicted molar refractivity (Wildman–Crippen MR) is 72.2 cm³/mol. The topological polar surface area (TPSA) is 20.2 Å². The van der Waals surface area contributed by atoms with E-state index in [2.05, 4.69) is 0 Å². The normalized spacial score (nSPS) is 11.2. The fourth-order valence-corrected chi connectivity index (χ4v) is 2.39. The van der Waals surface area contributed by atoms with Crippen LogP contribution in [0.4, 0.5) is 13.2 Å². The molecule has 0 aliphatic carbocycles. The van der Waals surface area contributed by atoms with Crippen LogP contribution < -0.4 is 0 Å². The van der Waals surface area contributed by atoms with Crippen molar-refractivity contribution in [2.75, 3.05) is 0 Å². The summed E-state index contributed by atoms with van der Waals surface area (Å²) in [6.07, 6.45) is 0. The standard InChI is InChI=1S/C16H15F3O/c1-8(2)15-9(3)4-10(5-12(15)17)11-6-13(18)16(20)14(19)7-11/h4-8,20H,1-3H3. The first-order valence-electron chi connectivity index (χ1n) is 6.29. The molecule has 0 heterocycles. The molecule has 0 aliphatic rings. The van der Waals surface area contributed by atoms with Crippen molar-refractivity contribution in [2.45, 2.75) is 26.7 Å². The second-order valence-corrected chi connectivity index (χ2v) is 5.13. The van der Waals surface area contributed by atoms with Gasteiger partial charge in [0.05, 0.1) is 0 Å². The molecule has 0 aliphatic heterocycles. The maximum absolute atomic E-state index is 14.1. The Morgan fingerprint density at radius 3 is 1.75 bits per heavy atom. The molecular weight excluding hydrogens is 265 g/mol. The van der Waals surface area contributed by atoms with Gasteiger partial charge in [-0.1, -0.05) is 19.9 Å². The van der Waals surface area contributed by atoms with E-state index in [0.717, 1.165) is 17.7 Å². The van der Waals surface area contributed by atoms with Crippen molar-refractivity contribution in [1.29, 1.82) is 0 Å². The first-order valence-corrected chi connectivity index (χ1v) is 6.29. The van der Waals surface area contributed by atoms with Crippen molar-refractivity contribution in [3.8, 4) is 16.9 Å². The summed E-state index contributed by atoms with van der Waals surface area (Å²) in [5, 5.41) is 9.08. The van der Waals surface area contributed by atoms with E-state index in [-0.39, 0.29) is 11.5 Å². The molecular formula is C16H15F3O. The number of aromatic hydroxyl groups is 1. The summed E-state index contributed by atoms with van der Waals surface area (Å²) in [6.45, 7) is 5.52. The summed E-state index contributed by atoms with van der Waals surface area (Å²) in [7, 11) is 0. The minimum Gasteiger partial charge on any atom is -0.503 e. The molecule has 4 heteroatoms. The molecule has 20 heavy (non-hydrogen) atoms. The van der Waals surface area contributed by atoms with E-state index in [1.165, 1.54) is 6.07 Å². The van der Waals surface area contributed by atoms with Crippen LogP contribution in [0.15, 0.2) is 24.3 Å². The quantitative estimate of drug-likeness (QED) is 0.828. The molecule has 0 saturated carbocycles. The van der Waals surface area contributed by atoms with Crippen LogP contribution in [0.1, 0.15) is 30.9 Å². The highest BCUT2D eigenvalue weighted by molar-refractivity contribution is 5.66. The van der Waals surface area contributed by atoms with Crippen LogP contribution in [-0.4, -0.2) is 5.11 Å². The molecule has 2 aromatic rings. The molecule has 0 atom stereocenters. The fourth-order valence-electron chi connectivity index (χ4n) is 2.39. The van der Waals surface area contributed by atoms with Gasteiger partial charge in [0.25, 0.3) is 0 Å². The zero-order chi connectivity index (χ0) is 15.0. The first kappa shape index (κ1) is 14.4. The minimum atomic E-state index is -1.06. The van der Waals surface area contributed by atoms with Gasteiger partial charge in [-0.15, -0.1) is 0 Å². The summed E-state index contributed by atoms with van der Waals surface area (Å²) in [5.41, 5.74) is 1.88. The van der Waals surface area contributed by atoms with Crippen LogP contribution in [0.25, 0.3) is 11.1 Å². The fraction of sp³-hybridized carbons (Fsp3) is 0.250. The lowest BCUT2D eigenvalue weighted by atomic mass is 9.93. The molecule has 1 N–H and O–H groups in total. The van der Waals surface area contributed by atoms with Gasteiger partial charge >= 0.3 is 0 Å². The molecule has 0 radical (unpaired) electrons. The second-order valence-electron chi connectivity index (χ2n) is 5.13. The Labute approximate surface area is 115 Å². The summed E-state index contributed by atoms with van der Waals surface area (Å²) in [4.78, 5) is 0. The number of halogens is 3. The average molecular weight is 280 g/mol. The molecule has 0 fully saturated rings. The molecule has 0 bridgehead atoms. The molecule has 106 valence electrons. The number of phenolic OH excluding ortho intramolecular Hbond substituents is 1. The third kappa shape index (κ3) is 2.50. The Hall–Kier alpha value is -1.97. The smallest absolute Gasteiger partial charge is 0.187 e. The molecule has 0 aromatic heterocycles. The molecule has 2 rings (SSSR count). The largest absolute Gasteiger partial charge is 0.503 e. The number of hydrogen-bond donors (Lipinski definition) is 1. The number of rotatable bonds is 2. The Bertz CT molecular complexity index is 617. The maximum atomic E-state index is 14.1. The third-order valence-electron chi connectivity index (χ3n) is 3.26. The molecule has 0 saturated heterocycles. The van der Waals surface area contributed by atoms with E-state index in [0.29, 0.717) is 11.1 Å². The van der Waals surface area contributed by atoms with Crippen LogP contribution in [-0.2, 0) is 0 Å². The Morgan fingerprint density at radius 1 is 0.850 bits per heavy atom. The minimum absolute atomic E-state index is 0.0253. The third-order valence-corrected chi connectivity index (χ3v) is 3.26. The van der Waals surface area contributed by atoms with Gasteiger partial charge in [-0.25, -0.2) is 13.2 Å². The van der Waals surface area contributed by atoms with E-state index in [9.17, 15) is 13.2 Å². The van der Waals surface area contributed by atoms with Crippen LogP contribution in [0.5, 0.6) is 5.75 Å². The van der Waals surface area contributed by atoms with E-state index >= 15 is 0 Å². The van der Waals surface area contributed by atoms with Gasteiger partial charge < -0.3 is 5.11 Å². The number of aryl methyl sites for hydroxylation is 1. The van der Waals surface area contributed by atoms with Crippen molar-refractivity contribution in [3.63, 3.8) is 0 Å². The van der Waals surface area contributed by atoms with Crippen molar-refractivity contribution in [3.05, 3.63) is 52.8 Å². The Kier molecular flexibility index (Phi) is 3.75. The monoisotopic (exact) mass is 280 g/mol. The van der Waals surface area contributed by atoms with Crippen LogP contribution >= 0.6 is 0 Å². The average Bonchev–Trinajstić information content (AvgIpc) is 2.33. The van der Waals surface area contributed by atoms with Crippen molar-refractivity contribution >= 4 is 0 Å². The summed E-state index contributed by atoms with van der Waals surface area (Å²) in [6, 6.07) is 4.92. The van der Waals surface area contributed by atoms with Crippen molar-refractivity contribution in [1.82, 2.24) is 0 Å². The maximum Gasteiger partial charge on any atom is 0.187 e. The van der Waals surface area contributed by atoms with Gasteiger partial charge in [0.15, 0.2) is 17.4 Å². The molecule has 0 spiro atoms. The van der Waals surface area contributed by atoms with E-state index in [1.807, 2.05) is 13.8 Å². The SMILES string of the molecule is Cc1cc(-c2cc(F)c(O)c(F)c2)cc(F)c1C(C)C. The van der Waals surface area contributed by atoms with Crippen LogP contribution in [0.2, 0.25) is 0 Å². The van der Waals surface area contributed by atoms with Crippen LogP contribution in [0, 0.1) is 24.4 Å². The van der Waals surface area contributed by atoms with Gasteiger partial charge in [0.1, 0.15) is 5.82 Å². The summed E-state index contributed by atoms with van der Waals surface area (Å²) < 4.78 is 40.8. The number of phenols is 1. The highest BCUT2D eigenvalue weighted by Crippen LogP contribution is 2.32. The highest BCUT2D eigenvalue weighted by Gasteiger charge is 2.15. The predicted octanol–water partition coefficient (Wildman–Crippen LogP) is 4.91. The number of hydrogen-bond acceptors (Lipinski definition) is 1. The zero-order valence-corrected chi connectivity index (χ0v) is 11.5. The first-order chi connectivity index (χ1) is 9.31. The van der Waals surface area contributed by atoms with Crippen LogP contribution in [0.3, 0.4) is 0 Å². The Balaban J connectivity index is 2.60. The van der Waals surface area contributed by atoms with Crippen molar-refractivity contribution < 1.29 is 18.3 Å². The zero-order valence-electron chi connectivity index (χ0n) is 11.5. The van der Waals surface area contributed by atoms with Gasteiger partial charge in [-0.2, -0.15) is 0 Å². The molecule has 0 amide bonds. The lowest BCUT2D eigenvalue weighted by Crippen LogP contribution is -1.98. The summed E-state index contributed by atoms with van der Waals surface area (Å²) >= 11 is 0. The Morgan fingerprint density at radius 2 is 1.30 bits per heavy atom. The van der Waals surface area contributed by atoms with Gasteiger partial charge in [0.2, 0.25) is 0 Å². The van der Waals surface area contributed by atoms with Gasteiger partial charge in [-0.3, -0.25) is 0 Å². The van der Waals surface area contributed by atoms with E-state index < -0.39 is 23.2 Å². The molecule has 0 unspecified atom stereocenters. The molecule has 1 nitrogen and oxygen atoms in total. The number of benzene rings is 2. The molecule has 2 aromatic carbocycles. The second kappa shape index (κ2) is 5.19. The lowest BCUT2D eigenvalue weighted by Gasteiger charge is -2.13. The van der Waals surface area contributed by atoms with E-state index in [1.54, 1.807) is 13.0 Å². The van der Waals surface area contributed by atoms with Gasteiger partial charge in [-0.05, 0) is 53.3 Å². The summed E-state index contributed by atoms with van der Waals surface area (Å²) in [5.74, 6) is -3.53. The lowest BCUT2D eigenvalue weighted by molar-refractivity contribution is 0.396. The van der Waals surface area contributed by atoms with Crippen molar-refractivity contribution in [2.24, 2.45) is 0 Å².